The van der Waals surface area contributed by atoms with Crippen molar-refractivity contribution in [3.8, 4) is 5.75 Å². The number of aliphatic hydroxyl groups is 1. The van der Waals surface area contributed by atoms with E-state index in [1.165, 1.54) is 31.3 Å². The van der Waals surface area contributed by atoms with Crippen molar-refractivity contribution in [3.05, 3.63) is 71.3 Å². The molecule has 44 heavy (non-hydrogen) atoms. The van der Waals surface area contributed by atoms with E-state index in [4.69, 9.17) is 0 Å². The predicted octanol–water partition coefficient (Wildman–Crippen LogP) is 8.66. The maximum Gasteiger partial charge on any atom is 0.252 e. The molecule has 5 atom stereocenters. The number of rotatable bonds is 11. The molecular formula is C38H53NO4S. The lowest BCUT2D eigenvalue weighted by molar-refractivity contribution is -0.130. The van der Waals surface area contributed by atoms with E-state index in [1.807, 2.05) is 30.3 Å². The molecule has 2 aliphatic rings. The minimum absolute atomic E-state index is 0.0698. The molecule has 2 aromatic rings. The first-order valence-electron chi connectivity index (χ1n) is 16.4. The van der Waals surface area contributed by atoms with Crippen molar-refractivity contribution in [2.24, 2.45) is 22.2 Å². The largest absolute Gasteiger partial charge is 0.508 e. The summed E-state index contributed by atoms with van der Waals surface area (Å²) in [6, 6.07) is 14.4. The van der Waals surface area contributed by atoms with Crippen LogP contribution in [0.2, 0.25) is 0 Å². The lowest BCUT2D eigenvalue weighted by Crippen LogP contribution is -2.47. The summed E-state index contributed by atoms with van der Waals surface area (Å²) in [5, 5.41) is 24.9. The van der Waals surface area contributed by atoms with Crippen LogP contribution in [0.1, 0.15) is 108 Å². The van der Waals surface area contributed by atoms with Crippen LogP contribution in [0.5, 0.6) is 5.75 Å². The lowest BCUT2D eigenvalue weighted by atomic mass is 9.51. The van der Waals surface area contributed by atoms with Crippen LogP contribution in [-0.2, 0) is 4.79 Å². The third kappa shape index (κ3) is 8.37. The number of fused-ring (bicyclic) bond motifs is 1. The molecule has 1 amide bonds. The zero-order chi connectivity index (χ0) is 32.1. The van der Waals surface area contributed by atoms with Gasteiger partial charge in [-0.2, -0.15) is 0 Å². The fourth-order valence-corrected chi connectivity index (χ4v) is 8.18. The van der Waals surface area contributed by atoms with Crippen LogP contribution in [0.3, 0.4) is 0 Å². The first-order chi connectivity index (χ1) is 20.7. The second-order valence-electron chi connectivity index (χ2n) is 15.0. The molecule has 0 aliphatic heterocycles. The van der Waals surface area contributed by atoms with Crippen LogP contribution in [0.4, 0.5) is 0 Å². The SMILES string of the molecule is Cc1c(O)cccc1C(=O)NC(CSc1ccccc1)[C@H](O)C/C=C1\CC2(C)CCCC[C@H]2C[C@]1(C)C(=O)CCC(C)(C)C. The summed E-state index contributed by atoms with van der Waals surface area (Å²) in [6.45, 7) is 12.8. The van der Waals surface area contributed by atoms with Gasteiger partial charge < -0.3 is 15.5 Å². The number of nitrogens with one attached hydrogen (secondary N) is 1. The molecular weight excluding hydrogens is 566 g/mol. The zero-order valence-electron chi connectivity index (χ0n) is 27.6. The van der Waals surface area contributed by atoms with Gasteiger partial charge in [0, 0.05) is 33.6 Å². The Morgan fingerprint density at radius 1 is 1.09 bits per heavy atom. The molecule has 0 saturated heterocycles. The highest BCUT2D eigenvalue weighted by molar-refractivity contribution is 7.99. The predicted molar refractivity (Wildman–Crippen MR) is 181 cm³/mol. The maximum atomic E-state index is 14.0. The minimum Gasteiger partial charge on any atom is -0.508 e. The smallest absolute Gasteiger partial charge is 0.252 e. The van der Waals surface area contributed by atoms with Crippen LogP contribution < -0.4 is 5.32 Å². The number of hydrogen-bond donors (Lipinski definition) is 3. The number of phenolic OH excluding ortho intramolecular Hbond substituents is 1. The van der Waals surface area contributed by atoms with E-state index < -0.39 is 17.6 Å². The Morgan fingerprint density at radius 2 is 1.82 bits per heavy atom. The summed E-state index contributed by atoms with van der Waals surface area (Å²) in [4.78, 5) is 28.4. The Morgan fingerprint density at radius 3 is 2.52 bits per heavy atom. The number of phenols is 1. The molecule has 2 aromatic carbocycles. The van der Waals surface area contributed by atoms with Gasteiger partial charge in [0.1, 0.15) is 11.5 Å². The van der Waals surface area contributed by atoms with Crippen molar-refractivity contribution in [1.82, 2.24) is 5.32 Å². The van der Waals surface area contributed by atoms with Crippen molar-refractivity contribution < 1.29 is 19.8 Å². The summed E-state index contributed by atoms with van der Waals surface area (Å²) in [5.74, 6) is 1.10. The Balaban J connectivity index is 1.59. The number of hydrogen-bond acceptors (Lipinski definition) is 5. The molecule has 2 saturated carbocycles. The van der Waals surface area contributed by atoms with Crippen molar-refractivity contribution in [3.63, 3.8) is 0 Å². The van der Waals surface area contributed by atoms with Gasteiger partial charge in [-0.25, -0.2) is 0 Å². The summed E-state index contributed by atoms with van der Waals surface area (Å²) < 4.78 is 0. The van der Waals surface area contributed by atoms with E-state index in [9.17, 15) is 19.8 Å². The number of carbonyl (C=O) groups excluding carboxylic acids is 2. The van der Waals surface area contributed by atoms with Gasteiger partial charge in [0.05, 0.1) is 12.1 Å². The highest BCUT2D eigenvalue weighted by Gasteiger charge is 2.50. The standard InChI is InChI=1S/C38H53NO4S/c1-26-30(16-12-17-32(26)40)35(43)39-31(25-44-29-14-8-7-9-15-29)33(41)19-18-28-23-37(5)21-11-10-13-27(37)24-38(28,6)34(42)20-22-36(2,3)4/h7-9,12,14-18,27,31,33,40-41H,10-11,13,19-25H2,1-6H3,(H,39,43)/b28-18+/t27-,31?,33+,37?,38-/m0/s1. The molecule has 4 rings (SSSR count). The topological polar surface area (TPSA) is 86.6 Å². The first-order valence-corrected chi connectivity index (χ1v) is 17.4. The van der Waals surface area contributed by atoms with E-state index in [0.29, 0.717) is 41.4 Å². The second kappa shape index (κ2) is 14.2. The van der Waals surface area contributed by atoms with E-state index in [2.05, 4.69) is 46.0 Å². The quantitative estimate of drug-likeness (QED) is 0.173. The maximum absolute atomic E-state index is 14.0. The molecule has 2 unspecified atom stereocenters. The average Bonchev–Trinajstić information content (AvgIpc) is 2.98. The summed E-state index contributed by atoms with van der Waals surface area (Å²) in [6.07, 6.45) is 9.70. The zero-order valence-corrected chi connectivity index (χ0v) is 28.4. The van der Waals surface area contributed by atoms with Gasteiger partial charge in [-0.15, -0.1) is 11.8 Å². The summed E-state index contributed by atoms with van der Waals surface area (Å²) in [5.41, 5.74) is 1.82. The number of aliphatic hydroxyl groups excluding tert-OH is 1. The Labute approximate surface area is 269 Å². The Bertz CT molecular complexity index is 1330. The molecule has 0 bridgehead atoms. The lowest BCUT2D eigenvalue weighted by Gasteiger charge is -2.52. The fourth-order valence-electron chi connectivity index (χ4n) is 7.16. The van der Waals surface area contributed by atoms with E-state index in [-0.39, 0.29) is 22.5 Å². The Hall–Kier alpha value is -2.57. The first kappa shape index (κ1) is 34.3. The number of amides is 1. The number of allylic oxidation sites excluding steroid dienone is 1. The second-order valence-corrected chi connectivity index (χ2v) is 16.1. The molecule has 2 aliphatic carbocycles. The van der Waals surface area contributed by atoms with Gasteiger partial charge >= 0.3 is 0 Å². The van der Waals surface area contributed by atoms with Gasteiger partial charge in [0.25, 0.3) is 5.91 Å². The number of Topliss-reactive ketones (excluding diaryl/α,β-unsaturated/α-hetero) is 1. The van der Waals surface area contributed by atoms with Crippen LogP contribution in [0, 0.1) is 29.1 Å². The van der Waals surface area contributed by atoms with Crippen molar-refractivity contribution in [2.75, 3.05) is 5.75 Å². The van der Waals surface area contributed by atoms with Crippen LogP contribution in [-0.4, -0.2) is 39.8 Å². The normalized spacial score (nSPS) is 26.1. The van der Waals surface area contributed by atoms with Gasteiger partial charge in [-0.3, -0.25) is 9.59 Å². The summed E-state index contributed by atoms with van der Waals surface area (Å²) >= 11 is 1.59. The number of thioether (sulfide) groups is 1. The van der Waals surface area contributed by atoms with Crippen molar-refractivity contribution in [2.45, 2.75) is 116 Å². The highest BCUT2D eigenvalue weighted by Crippen LogP contribution is 2.58. The molecule has 2 fully saturated rings. The van der Waals surface area contributed by atoms with E-state index in [0.717, 1.165) is 24.2 Å². The third-order valence-electron chi connectivity index (χ3n) is 10.3. The monoisotopic (exact) mass is 619 g/mol. The van der Waals surface area contributed by atoms with Crippen molar-refractivity contribution in [1.29, 1.82) is 0 Å². The van der Waals surface area contributed by atoms with Gasteiger partial charge in [-0.1, -0.05) is 76.5 Å². The van der Waals surface area contributed by atoms with Crippen molar-refractivity contribution >= 4 is 23.5 Å². The van der Waals surface area contributed by atoms with Crippen LogP contribution in [0.15, 0.2) is 65.1 Å². The van der Waals surface area contributed by atoms with Gasteiger partial charge in [0.15, 0.2) is 0 Å². The molecule has 0 spiro atoms. The molecule has 6 heteroatoms. The number of carbonyl (C=O) groups is 2. The number of aromatic hydroxyl groups is 1. The van der Waals surface area contributed by atoms with Gasteiger partial charge in [-0.05, 0) is 93.4 Å². The average molecular weight is 620 g/mol. The van der Waals surface area contributed by atoms with E-state index in [1.54, 1.807) is 36.9 Å². The Kier molecular flexibility index (Phi) is 11.1. The van der Waals surface area contributed by atoms with Gasteiger partial charge in [0.2, 0.25) is 0 Å². The molecule has 240 valence electrons. The number of ketones is 1. The fraction of sp³-hybridized carbons (Fsp3) is 0.579. The third-order valence-corrected chi connectivity index (χ3v) is 11.5. The molecule has 0 radical (unpaired) electrons. The number of benzene rings is 2. The molecule has 0 aromatic heterocycles. The molecule has 0 heterocycles. The molecule has 5 nitrogen and oxygen atoms in total. The summed E-state index contributed by atoms with van der Waals surface area (Å²) in [7, 11) is 0. The minimum atomic E-state index is -0.842. The van der Waals surface area contributed by atoms with E-state index >= 15 is 0 Å². The van der Waals surface area contributed by atoms with Crippen LogP contribution in [0.25, 0.3) is 0 Å². The molecule has 3 N–H and O–H groups in total. The highest BCUT2D eigenvalue weighted by atomic mass is 32.2. The van der Waals surface area contributed by atoms with Crippen LogP contribution >= 0.6 is 11.8 Å².